The van der Waals surface area contributed by atoms with Crippen LogP contribution in [0.5, 0.6) is 17.2 Å². The van der Waals surface area contributed by atoms with E-state index >= 15 is 0 Å². The summed E-state index contributed by atoms with van der Waals surface area (Å²) in [6.45, 7) is 5.00. The maximum absolute atomic E-state index is 13.0. The Hall–Kier alpha value is -3.84. The lowest BCUT2D eigenvalue weighted by Gasteiger charge is -2.13. The van der Waals surface area contributed by atoms with Crippen LogP contribution in [0.2, 0.25) is 0 Å². The standard InChI is InChI=1S/C28H26N2O4S/c1-4-19-13-18(2)14-21(15-19)33-11-12-34-24-10-9-20(16-25(24)32-3)17-26-27(31)30-23-8-6-5-7-22(23)29-28(30)35-26/h5-10,13-17H,4,11-12H2,1-3H3/b26-17-. The first-order chi connectivity index (χ1) is 17.1. The summed E-state index contributed by atoms with van der Waals surface area (Å²) >= 11 is 1.38. The van der Waals surface area contributed by atoms with Gasteiger partial charge >= 0.3 is 0 Å². The highest BCUT2D eigenvalue weighted by Gasteiger charge is 2.11. The first-order valence-electron chi connectivity index (χ1n) is 11.5. The first kappa shape index (κ1) is 22.9. The van der Waals surface area contributed by atoms with Crippen molar-refractivity contribution >= 4 is 33.4 Å². The van der Waals surface area contributed by atoms with Crippen molar-refractivity contribution in [3.05, 3.63) is 92.2 Å². The van der Waals surface area contributed by atoms with E-state index in [0.29, 0.717) is 34.2 Å². The minimum atomic E-state index is -0.0717. The fourth-order valence-electron chi connectivity index (χ4n) is 4.08. The maximum atomic E-state index is 13.0. The second-order valence-electron chi connectivity index (χ2n) is 8.25. The molecule has 0 fully saturated rings. The van der Waals surface area contributed by atoms with Crippen LogP contribution < -0.4 is 24.3 Å². The molecule has 0 unspecified atom stereocenters. The van der Waals surface area contributed by atoms with Crippen molar-refractivity contribution < 1.29 is 14.2 Å². The largest absolute Gasteiger partial charge is 0.493 e. The number of imidazole rings is 1. The van der Waals surface area contributed by atoms with E-state index in [-0.39, 0.29) is 5.56 Å². The average molecular weight is 487 g/mol. The van der Waals surface area contributed by atoms with E-state index in [0.717, 1.165) is 28.8 Å². The highest BCUT2D eigenvalue weighted by Crippen LogP contribution is 2.28. The summed E-state index contributed by atoms with van der Waals surface area (Å²) in [5, 5.41) is 0. The molecule has 6 nitrogen and oxygen atoms in total. The summed E-state index contributed by atoms with van der Waals surface area (Å²) in [5.74, 6) is 2.08. The third kappa shape index (κ3) is 4.72. The highest BCUT2D eigenvalue weighted by molar-refractivity contribution is 7.15. The summed E-state index contributed by atoms with van der Waals surface area (Å²) in [5.41, 5.74) is 4.86. The van der Waals surface area contributed by atoms with Crippen LogP contribution in [0.1, 0.15) is 23.6 Å². The number of para-hydroxylation sites is 2. The van der Waals surface area contributed by atoms with Gasteiger partial charge < -0.3 is 14.2 Å². The minimum Gasteiger partial charge on any atom is -0.493 e. The molecule has 2 heterocycles. The van der Waals surface area contributed by atoms with E-state index < -0.39 is 0 Å². The van der Waals surface area contributed by atoms with Gasteiger partial charge in [0.25, 0.3) is 5.56 Å². The fraction of sp³-hybridized carbons (Fsp3) is 0.214. The van der Waals surface area contributed by atoms with Crippen LogP contribution in [0.4, 0.5) is 0 Å². The molecule has 0 aliphatic carbocycles. The zero-order valence-electron chi connectivity index (χ0n) is 19.9. The van der Waals surface area contributed by atoms with Gasteiger partial charge in [0.1, 0.15) is 19.0 Å². The molecule has 0 aliphatic rings. The molecular formula is C28H26N2O4S. The molecular weight excluding hydrogens is 460 g/mol. The van der Waals surface area contributed by atoms with Crippen LogP contribution in [-0.4, -0.2) is 29.7 Å². The number of thiazole rings is 1. The van der Waals surface area contributed by atoms with Gasteiger partial charge in [-0.15, -0.1) is 0 Å². The molecule has 0 saturated carbocycles. The molecule has 0 radical (unpaired) electrons. The number of fused-ring (bicyclic) bond motifs is 3. The number of methoxy groups -OCH3 is 1. The summed E-state index contributed by atoms with van der Waals surface area (Å²) in [6.07, 6.45) is 2.83. The van der Waals surface area contributed by atoms with Gasteiger partial charge in [0.2, 0.25) is 0 Å². The Kier molecular flexibility index (Phi) is 6.42. The molecule has 0 amide bonds. The summed E-state index contributed by atoms with van der Waals surface area (Å²) in [4.78, 5) is 18.3. The number of hydrogen-bond acceptors (Lipinski definition) is 6. The number of rotatable bonds is 8. The molecule has 0 N–H and O–H groups in total. The zero-order valence-corrected chi connectivity index (χ0v) is 20.7. The lowest BCUT2D eigenvalue weighted by molar-refractivity contribution is 0.211. The number of benzene rings is 3. The van der Waals surface area contributed by atoms with Gasteiger partial charge in [-0.3, -0.25) is 4.79 Å². The van der Waals surface area contributed by atoms with Gasteiger partial charge in [-0.2, -0.15) is 0 Å². The molecule has 0 saturated heterocycles. The van der Waals surface area contributed by atoms with Gasteiger partial charge in [0, 0.05) is 0 Å². The Balaban J connectivity index is 1.31. The molecule has 0 aliphatic heterocycles. The van der Waals surface area contributed by atoms with Gasteiger partial charge in [0.15, 0.2) is 16.5 Å². The van der Waals surface area contributed by atoms with Crippen molar-refractivity contribution in [1.82, 2.24) is 9.38 Å². The van der Waals surface area contributed by atoms with Crippen molar-refractivity contribution in [3.8, 4) is 17.2 Å². The van der Waals surface area contributed by atoms with Gasteiger partial charge in [-0.25, -0.2) is 9.38 Å². The number of aromatic nitrogens is 2. The predicted octanol–water partition coefficient (Wildman–Crippen LogP) is 4.79. The van der Waals surface area contributed by atoms with Crippen LogP contribution in [0.3, 0.4) is 0 Å². The molecule has 0 spiro atoms. The lowest BCUT2D eigenvalue weighted by atomic mass is 10.1. The fourth-order valence-corrected chi connectivity index (χ4v) is 5.07. The minimum absolute atomic E-state index is 0.0717. The summed E-state index contributed by atoms with van der Waals surface area (Å²) < 4.78 is 19.6. The molecule has 3 aromatic carbocycles. The SMILES string of the molecule is CCc1cc(C)cc(OCCOc2ccc(/C=c3\sc4nc5ccccc5n4c3=O)cc2OC)c1. The molecule has 35 heavy (non-hydrogen) atoms. The van der Waals surface area contributed by atoms with E-state index in [4.69, 9.17) is 14.2 Å². The van der Waals surface area contributed by atoms with Crippen LogP contribution in [0, 0.1) is 6.92 Å². The maximum Gasteiger partial charge on any atom is 0.274 e. The van der Waals surface area contributed by atoms with Crippen molar-refractivity contribution in [3.63, 3.8) is 0 Å². The Morgan fingerprint density at radius 1 is 1.00 bits per heavy atom. The Bertz CT molecular complexity index is 1620. The van der Waals surface area contributed by atoms with Crippen molar-refractivity contribution in [2.75, 3.05) is 20.3 Å². The lowest BCUT2D eigenvalue weighted by Crippen LogP contribution is -2.22. The number of ether oxygens (including phenoxy) is 3. The molecule has 0 bridgehead atoms. The second-order valence-corrected chi connectivity index (χ2v) is 9.26. The van der Waals surface area contributed by atoms with E-state index in [9.17, 15) is 4.79 Å². The zero-order chi connectivity index (χ0) is 24.4. The van der Waals surface area contributed by atoms with Gasteiger partial charge in [0.05, 0.1) is 22.7 Å². The Labute approximate surface area is 207 Å². The van der Waals surface area contributed by atoms with E-state index in [2.05, 4.69) is 31.0 Å². The van der Waals surface area contributed by atoms with E-state index in [1.807, 2.05) is 54.6 Å². The topological polar surface area (TPSA) is 62.1 Å². The van der Waals surface area contributed by atoms with Crippen molar-refractivity contribution in [2.45, 2.75) is 20.3 Å². The molecule has 178 valence electrons. The first-order valence-corrected chi connectivity index (χ1v) is 12.3. The van der Waals surface area contributed by atoms with Crippen molar-refractivity contribution in [2.24, 2.45) is 0 Å². The molecule has 0 atom stereocenters. The molecule has 7 heteroatoms. The second kappa shape index (κ2) is 9.80. The summed E-state index contributed by atoms with van der Waals surface area (Å²) in [6, 6.07) is 19.5. The monoisotopic (exact) mass is 486 g/mol. The normalized spacial score (nSPS) is 11.9. The molecule has 5 rings (SSSR count). The number of aryl methyl sites for hydroxylation is 2. The molecule has 5 aromatic rings. The van der Waals surface area contributed by atoms with Crippen LogP contribution in [0.15, 0.2) is 65.5 Å². The number of nitrogens with zero attached hydrogens (tertiary/aromatic N) is 2. The van der Waals surface area contributed by atoms with Gasteiger partial charge in [-0.1, -0.05) is 42.5 Å². The smallest absolute Gasteiger partial charge is 0.274 e. The Morgan fingerprint density at radius 2 is 1.83 bits per heavy atom. The summed E-state index contributed by atoms with van der Waals surface area (Å²) in [7, 11) is 1.60. The van der Waals surface area contributed by atoms with Crippen molar-refractivity contribution in [1.29, 1.82) is 0 Å². The van der Waals surface area contributed by atoms with Crippen LogP contribution in [0.25, 0.3) is 22.1 Å². The average Bonchev–Trinajstić information content (AvgIpc) is 3.37. The third-order valence-electron chi connectivity index (χ3n) is 5.76. The van der Waals surface area contributed by atoms with Crippen LogP contribution >= 0.6 is 11.3 Å². The predicted molar refractivity (Wildman–Crippen MR) is 140 cm³/mol. The number of hydrogen-bond donors (Lipinski definition) is 0. The van der Waals surface area contributed by atoms with E-state index in [1.54, 1.807) is 11.5 Å². The van der Waals surface area contributed by atoms with Crippen LogP contribution in [-0.2, 0) is 6.42 Å². The quantitative estimate of drug-likeness (QED) is 0.295. The van der Waals surface area contributed by atoms with Gasteiger partial charge in [-0.05, 0) is 72.5 Å². The molecule has 2 aromatic heterocycles. The van der Waals surface area contributed by atoms with E-state index in [1.165, 1.54) is 22.5 Å². The third-order valence-corrected chi connectivity index (χ3v) is 6.73. The Morgan fingerprint density at radius 3 is 2.66 bits per heavy atom. The highest BCUT2D eigenvalue weighted by atomic mass is 32.1.